The van der Waals surface area contributed by atoms with Gasteiger partial charge in [0.2, 0.25) is 0 Å². The minimum absolute atomic E-state index is 0.425. The van der Waals surface area contributed by atoms with Crippen molar-refractivity contribution >= 4 is 23.2 Å². The second kappa shape index (κ2) is 7.48. The lowest BCUT2D eigenvalue weighted by Gasteiger charge is -2.19. The molecule has 0 saturated carbocycles. The minimum Gasteiger partial charge on any atom is -0.444 e. The molecule has 3 rings (SSSR count). The Labute approximate surface area is 161 Å². The van der Waals surface area contributed by atoms with E-state index < -0.39 is 11.7 Å². The SMILES string of the molecule is CCc1sc(-c2cc(C)on2)nc1-c1ccc(NC(=O)OC(C)(C)C)nc1. The van der Waals surface area contributed by atoms with Crippen molar-refractivity contribution in [3.63, 3.8) is 0 Å². The van der Waals surface area contributed by atoms with Gasteiger partial charge < -0.3 is 9.26 Å². The van der Waals surface area contributed by atoms with Gasteiger partial charge in [-0.05, 0) is 46.2 Å². The second-order valence-corrected chi connectivity index (χ2v) is 8.11. The maximum atomic E-state index is 11.8. The smallest absolute Gasteiger partial charge is 0.413 e. The number of thiazole rings is 1. The molecule has 3 aromatic rings. The number of anilines is 1. The van der Waals surface area contributed by atoms with Crippen molar-refractivity contribution in [3.05, 3.63) is 35.0 Å². The van der Waals surface area contributed by atoms with E-state index in [-0.39, 0.29) is 0 Å². The number of hydrogen-bond donors (Lipinski definition) is 1. The molecule has 1 amide bonds. The number of hydrogen-bond acceptors (Lipinski definition) is 7. The Morgan fingerprint density at radius 2 is 2.11 bits per heavy atom. The van der Waals surface area contributed by atoms with Gasteiger partial charge in [-0.15, -0.1) is 11.3 Å². The minimum atomic E-state index is -0.559. The summed E-state index contributed by atoms with van der Waals surface area (Å²) in [6.45, 7) is 9.37. The van der Waals surface area contributed by atoms with Crippen molar-refractivity contribution in [2.24, 2.45) is 0 Å². The van der Waals surface area contributed by atoms with Gasteiger partial charge in [0.15, 0.2) is 0 Å². The molecule has 0 bridgehead atoms. The molecule has 1 N–H and O–H groups in total. The van der Waals surface area contributed by atoms with E-state index in [9.17, 15) is 4.79 Å². The van der Waals surface area contributed by atoms with Crippen molar-refractivity contribution < 1.29 is 14.1 Å². The molecule has 142 valence electrons. The van der Waals surface area contributed by atoms with E-state index in [1.807, 2.05) is 39.8 Å². The monoisotopic (exact) mass is 386 g/mol. The summed E-state index contributed by atoms with van der Waals surface area (Å²) in [6.07, 6.45) is 2.01. The van der Waals surface area contributed by atoms with Crippen LogP contribution in [0, 0.1) is 6.92 Å². The maximum Gasteiger partial charge on any atom is 0.413 e. The van der Waals surface area contributed by atoms with Crippen LogP contribution in [0.5, 0.6) is 0 Å². The van der Waals surface area contributed by atoms with E-state index in [1.165, 1.54) is 0 Å². The van der Waals surface area contributed by atoms with Gasteiger partial charge in [-0.25, -0.2) is 14.8 Å². The molecule has 27 heavy (non-hydrogen) atoms. The van der Waals surface area contributed by atoms with E-state index in [2.05, 4.69) is 22.4 Å². The van der Waals surface area contributed by atoms with Gasteiger partial charge in [-0.2, -0.15) is 0 Å². The largest absolute Gasteiger partial charge is 0.444 e. The number of aromatic nitrogens is 3. The summed E-state index contributed by atoms with van der Waals surface area (Å²) in [7, 11) is 0. The lowest BCUT2D eigenvalue weighted by atomic mass is 10.1. The van der Waals surface area contributed by atoms with Crippen molar-refractivity contribution in [2.75, 3.05) is 5.32 Å². The number of amides is 1. The zero-order valence-electron chi connectivity index (χ0n) is 16.0. The summed E-state index contributed by atoms with van der Waals surface area (Å²) in [5, 5.41) is 7.48. The normalized spacial score (nSPS) is 11.4. The second-order valence-electron chi connectivity index (χ2n) is 7.03. The number of rotatable bonds is 4. The van der Waals surface area contributed by atoms with Gasteiger partial charge in [0.1, 0.15) is 27.9 Å². The standard InChI is InChI=1S/C19H22N4O3S/c1-6-14-16(22-17(27-14)13-9-11(2)26-23-13)12-7-8-15(20-10-12)21-18(24)25-19(3,4)5/h7-10H,6H2,1-5H3,(H,20,21,24). The molecule has 0 unspecified atom stereocenters. The van der Waals surface area contributed by atoms with Crippen LogP contribution in [0.4, 0.5) is 10.6 Å². The van der Waals surface area contributed by atoms with Crippen LogP contribution >= 0.6 is 11.3 Å². The molecular formula is C19H22N4O3S. The molecule has 0 atom stereocenters. The molecule has 0 radical (unpaired) electrons. The molecule has 3 aromatic heterocycles. The van der Waals surface area contributed by atoms with E-state index in [0.717, 1.165) is 39.0 Å². The first-order chi connectivity index (χ1) is 12.7. The van der Waals surface area contributed by atoms with Crippen molar-refractivity contribution in [2.45, 2.75) is 46.6 Å². The summed E-state index contributed by atoms with van der Waals surface area (Å²) in [4.78, 5) is 22.0. The number of carbonyl (C=O) groups excluding carboxylic acids is 1. The highest BCUT2D eigenvalue weighted by Crippen LogP contribution is 2.34. The quantitative estimate of drug-likeness (QED) is 0.672. The van der Waals surface area contributed by atoms with Gasteiger partial charge >= 0.3 is 6.09 Å². The molecule has 0 fully saturated rings. The Kier molecular flexibility index (Phi) is 5.27. The Bertz CT molecular complexity index is 939. The first kappa shape index (κ1) is 19.0. The Morgan fingerprint density at radius 3 is 2.67 bits per heavy atom. The molecule has 0 aliphatic heterocycles. The van der Waals surface area contributed by atoms with E-state index in [4.69, 9.17) is 14.2 Å². The zero-order valence-corrected chi connectivity index (χ0v) is 16.8. The fourth-order valence-corrected chi connectivity index (χ4v) is 3.39. The lowest BCUT2D eigenvalue weighted by molar-refractivity contribution is 0.0635. The fraction of sp³-hybridized carbons (Fsp3) is 0.368. The Hall–Kier alpha value is -2.74. The predicted molar refractivity (Wildman–Crippen MR) is 105 cm³/mol. The van der Waals surface area contributed by atoms with Gasteiger partial charge in [0, 0.05) is 22.7 Å². The Balaban J connectivity index is 1.80. The van der Waals surface area contributed by atoms with Gasteiger partial charge in [0.05, 0.1) is 5.69 Å². The number of carbonyl (C=O) groups is 1. The summed E-state index contributed by atoms with van der Waals surface area (Å²) in [5.41, 5.74) is 1.92. The van der Waals surface area contributed by atoms with Crippen LogP contribution in [0.2, 0.25) is 0 Å². The van der Waals surface area contributed by atoms with Crippen LogP contribution in [0.25, 0.3) is 22.0 Å². The number of ether oxygens (including phenoxy) is 1. The molecule has 8 heteroatoms. The van der Waals surface area contributed by atoms with Crippen LogP contribution in [0.1, 0.15) is 38.3 Å². The average Bonchev–Trinajstić information content (AvgIpc) is 3.19. The summed E-state index contributed by atoms with van der Waals surface area (Å²) < 4.78 is 10.4. The third kappa shape index (κ3) is 4.71. The first-order valence-corrected chi connectivity index (χ1v) is 9.46. The number of aryl methyl sites for hydroxylation is 2. The summed E-state index contributed by atoms with van der Waals surface area (Å²) in [5.74, 6) is 1.17. The highest BCUT2D eigenvalue weighted by Gasteiger charge is 2.18. The Morgan fingerprint density at radius 1 is 1.33 bits per heavy atom. The molecule has 0 aliphatic rings. The fourth-order valence-electron chi connectivity index (χ4n) is 2.41. The predicted octanol–water partition coefficient (Wildman–Crippen LogP) is 5.08. The lowest BCUT2D eigenvalue weighted by Crippen LogP contribution is -2.27. The van der Waals surface area contributed by atoms with Gasteiger partial charge in [-0.1, -0.05) is 12.1 Å². The number of pyridine rings is 1. The third-order valence-corrected chi connectivity index (χ3v) is 4.75. The van der Waals surface area contributed by atoms with E-state index in [0.29, 0.717) is 5.82 Å². The number of nitrogens with one attached hydrogen (secondary N) is 1. The van der Waals surface area contributed by atoms with E-state index in [1.54, 1.807) is 23.6 Å². The van der Waals surface area contributed by atoms with Crippen LogP contribution in [0.15, 0.2) is 28.9 Å². The van der Waals surface area contributed by atoms with Crippen molar-refractivity contribution in [3.8, 4) is 22.0 Å². The van der Waals surface area contributed by atoms with E-state index >= 15 is 0 Å². The summed E-state index contributed by atoms with van der Waals surface area (Å²) >= 11 is 1.59. The average molecular weight is 386 g/mol. The molecule has 7 nitrogen and oxygen atoms in total. The number of nitrogens with zero attached hydrogens (tertiary/aromatic N) is 3. The maximum absolute atomic E-state index is 11.8. The highest BCUT2D eigenvalue weighted by atomic mass is 32.1. The zero-order chi connectivity index (χ0) is 19.6. The van der Waals surface area contributed by atoms with Crippen molar-refractivity contribution in [1.82, 2.24) is 15.1 Å². The molecule has 0 saturated heterocycles. The topological polar surface area (TPSA) is 90.1 Å². The van der Waals surface area contributed by atoms with Crippen LogP contribution in [0.3, 0.4) is 0 Å². The molecule has 0 aromatic carbocycles. The molecule has 0 spiro atoms. The van der Waals surface area contributed by atoms with Crippen molar-refractivity contribution in [1.29, 1.82) is 0 Å². The molecule has 0 aliphatic carbocycles. The van der Waals surface area contributed by atoms with Gasteiger partial charge in [0.25, 0.3) is 0 Å². The molecule has 3 heterocycles. The van der Waals surface area contributed by atoms with Crippen LogP contribution < -0.4 is 5.32 Å². The van der Waals surface area contributed by atoms with Crippen LogP contribution in [-0.4, -0.2) is 26.8 Å². The van der Waals surface area contributed by atoms with Crippen LogP contribution in [-0.2, 0) is 11.2 Å². The van der Waals surface area contributed by atoms with Gasteiger partial charge in [-0.3, -0.25) is 5.32 Å². The first-order valence-electron chi connectivity index (χ1n) is 8.65. The molecular weight excluding hydrogens is 364 g/mol. The third-order valence-electron chi connectivity index (χ3n) is 3.53. The summed E-state index contributed by atoms with van der Waals surface area (Å²) in [6, 6.07) is 5.48. The highest BCUT2D eigenvalue weighted by molar-refractivity contribution is 7.15.